The number of imidazole rings is 1. The van der Waals surface area contributed by atoms with Gasteiger partial charge in [-0.05, 0) is 80.1 Å². The molecule has 3 aromatic carbocycles. The summed E-state index contributed by atoms with van der Waals surface area (Å²) in [7, 11) is 0. The highest BCUT2D eigenvalue weighted by molar-refractivity contribution is 7.09. The van der Waals surface area contributed by atoms with E-state index in [-0.39, 0.29) is 6.54 Å². The topological polar surface area (TPSA) is 111 Å². The van der Waals surface area contributed by atoms with Crippen LogP contribution in [0.15, 0.2) is 76.5 Å². The molecule has 9 nitrogen and oxygen atoms in total. The van der Waals surface area contributed by atoms with Crippen molar-refractivity contribution in [2.24, 2.45) is 0 Å². The lowest BCUT2D eigenvalue weighted by atomic mass is 9.90. The number of rotatable bonds is 16. The first-order chi connectivity index (χ1) is 23.3. The molecule has 0 amide bonds. The van der Waals surface area contributed by atoms with Crippen LogP contribution >= 0.6 is 11.3 Å². The molecule has 250 valence electrons. The van der Waals surface area contributed by atoms with Crippen LogP contribution in [-0.4, -0.2) is 48.5 Å². The summed E-state index contributed by atoms with van der Waals surface area (Å²) < 4.78 is 6.23. The zero-order chi connectivity index (χ0) is 33.6. The Labute approximate surface area is 285 Å². The number of oxazole rings is 1. The number of benzene rings is 3. The Bertz CT molecular complexity index is 1920. The Morgan fingerprint density at radius 2 is 1.69 bits per heavy atom. The summed E-state index contributed by atoms with van der Waals surface area (Å²) in [5, 5.41) is 12.3. The summed E-state index contributed by atoms with van der Waals surface area (Å²) in [5.74, 6) is 0.893. The predicted molar refractivity (Wildman–Crippen MR) is 193 cm³/mol. The summed E-state index contributed by atoms with van der Waals surface area (Å²) >= 11 is 1.46. The minimum absolute atomic E-state index is 0.132. The smallest absolute Gasteiger partial charge is 0.317 e. The number of hydrogen-bond acceptors (Lipinski definition) is 8. The van der Waals surface area contributed by atoms with Crippen molar-refractivity contribution in [3.8, 4) is 11.6 Å². The van der Waals surface area contributed by atoms with E-state index in [0.29, 0.717) is 42.5 Å². The number of carboxylic acid groups (broad SMARTS) is 1. The highest BCUT2D eigenvalue weighted by atomic mass is 32.1. The molecule has 0 aliphatic rings. The number of fused-ring (bicyclic) bond motifs is 2. The van der Waals surface area contributed by atoms with Crippen molar-refractivity contribution >= 4 is 45.1 Å². The SMILES string of the molecule is CCCC(CCC)c1ccc(N(Cc2ccc3nc(-c4csc(CN(CC(=O)O)Cc5nc6ccccc6[nH]5)n4)oc3c2)C(C)C)cc1. The molecule has 10 heteroatoms. The Morgan fingerprint density at radius 1 is 0.917 bits per heavy atom. The van der Waals surface area contributed by atoms with Crippen LogP contribution in [0.4, 0.5) is 5.69 Å². The predicted octanol–water partition coefficient (Wildman–Crippen LogP) is 9.01. The van der Waals surface area contributed by atoms with E-state index in [1.54, 1.807) is 0 Å². The number of para-hydroxylation sites is 2. The van der Waals surface area contributed by atoms with Gasteiger partial charge < -0.3 is 19.4 Å². The number of carbonyl (C=O) groups is 1. The molecule has 0 radical (unpaired) electrons. The van der Waals surface area contributed by atoms with Crippen molar-refractivity contribution in [3.63, 3.8) is 0 Å². The maximum absolute atomic E-state index is 11.7. The molecule has 0 unspecified atom stereocenters. The first-order valence-electron chi connectivity index (χ1n) is 16.9. The van der Waals surface area contributed by atoms with Crippen LogP contribution in [0.3, 0.4) is 0 Å². The van der Waals surface area contributed by atoms with Gasteiger partial charge in [-0.1, -0.05) is 57.0 Å². The Morgan fingerprint density at radius 3 is 2.40 bits per heavy atom. The maximum atomic E-state index is 11.7. The second-order valence-corrected chi connectivity index (χ2v) is 13.7. The van der Waals surface area contributed by atoms with E-state index in [9.17, 15) is 9.90 Å². The van der Waals surface area contributed by atoms with E-state index < -0.39 is 5.97 Å². The fourth-order valence-electron chi connectivity index (χ4n) is 6.38. The number of aromatic nitrogens is 4. The number of H-pyrrole nitrogens is 1. The largest absolute Gasteiger partial charge is 0.480 e. The molecule has 3 heterocycles. The fraction of sp³-hybridized carbons (Fsp3) is 0.368. The third-order valence-corrected chi connectivity index (χ3v) is 9.53. The van der Waals surface area contributed by atoms with Crippen LogP contribution < -0.4 is 4.90 Å². The number of thiazole rings is 1. The van der Waals surface area contributed by atoms with Gasteiger partial charge in [0.1, 0.15) is 22.0 Å². The summed E-state index contributed by atoms with van der Waals surface area (Å²) in [6.07, 6.45) is 4.87. The molecule has 6 aromatic rings. The second kappa shape index (κ2) is 15.1. The van der Waals surface area contributed by atoms with Crippen molar-refractivity contribution in [2.75, 3.05) is 11.4 Å². The van der Waals surface area contributed by atoms with Crippen LogP contribution in [0.5, 0.6) is 0 Å². The maximum Gasteiger partial charge on any atom is 0.317 e. The lowest BCUT2D eigenvalue weighted by Crippen LogP contribution is -2.30. The van der Waals surface area contributed by atoms with Gasteiger partial charge in [0.2, 0.25) is 5.89 Å². The number of aromatic amines is 1. The third kappa shape index (κ3) is 7.94. The monoisotopic (exact) mass is 664 g/mol. The molecule has 0 saturated heterocycles. The molecule has 3 aromatic heterocycles. The minimum Gasteiger partial charge on any atom is -0.480 e. The summed E-state index contributed by atoms with van der Waals surface area (Å²) in [6, 6.07) is 23.5. The van der Waals surface area contributed by atoms with Crippen LogP contribution in [0, 0.1) is 0 Å². The molecule has 2 N–H and O–H groups in total. The first kappa shape index (κ1) is 33.4. The van der Waals surface area contributed by atoms with E-state index in [1.807, 2.05) is 40.6 Å². The second-order valence-electron chi connectivity index (χ2n) is 12.8. The number of nitrogens with zero attached hydrogens (tertiary/aromatic N) is 5. The molecular formula is C38H44N6O3S. The highest BCUT2D eigenvalue weighted by Crippen LogP contribution is 2.31. The van der Waals surface area contributed by atoms with Crippen LogP contribution in [0.2, 0.25) is 0 Å². The van der Waals surface area contributed by atoms with Gasteiger partial charge >= 0.3 is 5.97 Å². The summed E-state index contributed by atoms with van der Waals surface area (Å²) in [6.45, 7) is 10.3. The van der Waals surface area contributed by atoms with Gasteiger partial charge in [0.25, 0.3) is 0 Å². The van der Waals surface area contributed by atoms with Crippen molar-refractivity contribution in [3.05, 3.63) is 94.1 Å². The molecule has 0 spiro atoms. The van der Waals surface area contributed by atoms with E-state index in [1.165, 1.54) is 48.3 Å². The third-order valence-electron chi connectivity index (χ3n) is 8.70. The zero-order valence-corrected chi connectivity index (χ0v) is 29.0. The molecule has 48 heavy (non-hydrogen) atoms. The van der Waals surface area contributed by atoms with Gasteiger partial charge in [-0.2, -0.15) is 0 Å². The number of carboxylic acids is 1. The number of hydrogen-bond donors (Lipinski definition) is 2. The normalized spacial score (nSPS) is 11.9. The van der Waals surface area contributed by atoms with Crippen molar-refractivity contribution < 1.29 is 14.3 Å². The quantitative estimate of drug-likeness (QED) is 0.105. The average Bonchev–Trinajstić information content (AvgIpc) is 3.81. The molecule has 0 aliphatic carbocycles. The summed E-state index contributed by atoms with van der Waals surface area (Å²) in [5.41, 5.74) is 7.71. The van der Waals surface area contributed by atoms with Gasteiger partial charge in [-0.3, -0.25) is 9.69 Å². The molecule has 0 atom stereocenters. The van der Waals surface area contributed by atoms with Crippen LogP contribution in [0.1, 0.15) is 81.3 Å². The minimum atomic E-state index is -0.904. The molecule has 0 bridgehead atoms. The molecule has 0 fully saturated rings. The van der Waals surface area contributed by atoms with Gasteiger partial charge in [-0.25, -0.2) is 15.0 Å². The van der Waals surface area contributed by atoms with Gasteiger partial charge in [-0.15, -0.1) is 11.3 Å². The Hall–Kier alpha value is -4.54. The van der Waals surface area contributed by atoms with Crippen LogP contribution in [-0.2, 0) is 24.4 Å². The van der Waals surface area contributed by atoms with Crippen molar-refractivity contribution in [1.29, 1.82) is 0 Å². The Balaban J connectivity index is 1.15. The number of aliphatic carboxylic acids is 1. The van der Waals surface area contributed by atoms with Gasteiger partial charge in [0.05, 0.1) is 30.7 Å². The lowest BCUT2D eigenvalue weighted by Gasteiger charge is -2.29. The summed E-state index contributed by atoms with van der Waals surface area (Å²) in [4.78, 5) is 33.3. The number of anilines is 1. The average molecular weight is 665 g/mol. The van der Waals surface area contributed by atoms with Gasteiger partial charge in [0, 0.05) is 23.7 Å². The molecule has 6 rings (SSSR count). The van der Waals surface area contributed by atoms with E-state index >= 15 is 0 Å². The van der Waals surface area contributed by atoms with E-state index in [0.717, 1.165) is 39.2 Å². The van der Waals surface area contributed by atoms with Crippen molar-refractivity contribution in [1.82, 2.24) is 24.8 Å². The number of nitrogens with one attached hydrogen (secondary N) is 1. The van der Waals surface area contributed by atoms with Crippen molar-refractivity contribution in [2.45, 2.75) is 85.0 Å². The molecule has 0 saturated carbocycles. The molecule has 0 aliphatic heterocycles. The Kier molecular flexibility index (Phi) is 10.5. The van der Waals surface area contributed by atoms with Crippen LogP contribution in [0.25, 0.3) is 33.7 Å². The first-order valence-corrected chi connectivity index (χ1v) is 17.8. The van der Waals surface area contributed by atoms with E-state index in [4.69, 9.17) is 14.4 Å². The lowest BCUT2D eigenvalue weighted by molar-refractivity contribution is -0.138. The fourth-order valence-corrected chi connectivity index (χ4v) is 7.19. The highest BCUT2D eigenvalue weighted by Gasteiger charge is 2.19. The zero-order valence-electron chi connectivity index (χ0n) is 28.1. The standard InChI is InChI=1S/C38H44N6O3S/c1-5-9-27(10-6-2)28-14-16-29(17-15-28)44(25(3)4)20-26-13-18-32-34(19-26)47-38(42-32)33-24-48-36(41-33)22-43(23-37(45)46)21-35-39-30-11-7-8-12-31(30)40-35/h7-8,11-19,24-25,27H,5-6,9-10,20-23H2,1-4H3,(H,39,40)(H,45,46). The molecular weight excluding hydrogens is 621 g/mol. The van der Waals surface area contributed by atoms with Gasteiger partial charge in [0.15, 0.2) is 5.58 Å². The van der Waals surface area contributed by atoms with E-state index in [2.05, 4.69) is 79.0 Å².